The molecule has 1 saturated carbocycles. The zero-order valence-electron chi connectivity index (χ0n) is 9.45. The number of rotatable bonds is 4. The molecule has 0 bridgehead atoms. The van der Waals surface area contributed by atoms with Crippen LogP contribution in [0.2, 0.25) is 0 Å². The van der Waals surface area contributed by atoms with Crippen molar-refractivity contribution in [2.75, 3.05) is 18.4 Å². The van der Waals surface area contributed by atoms with Gasteiger partial charge in [-0.1, -0.05) is 0 Å². The number of hydrogen-bond acceptors (Lipinski definition) is 4. The molecule has 0 amide bonds. The van der Waals surface area contributed by atoms with Gasteiger partial charge in [-0.25, -0.2) is 9.97 Å². The summed E-state index contributed by atoms with van der Waals surface area (Å²) in [6.07, 6.45) is 6.95. The van der Waals surface area contributed by atoms with Crippen LogP contribution in [-0.4, -0.2) is 29.1 Å². The molecule has 1 aliphatic carbocycles. The first kappa shape index (κ1) is 10.0. The highest BCUT2D eigenvalue weighted by atomic mass is 15.1. The predicted octanol–water partition coefficient (Wildman–Crippen LogP) is 1.52. The summed E-state index contributed by atoms with van der Waals surface area (Å²) in [7, 11) is 0. The van der Waals surface area contributed by atoms with E-state index in [-0.39, 0.29) is 0 Å². The van der Waals surface area contributed by atoms with Crippen LogP contribution in [0.1, 0.15) is 37.4 Å². The molecular weight excluding hydrogens is 200 g/mol. The Morgan fingerprint density at radius 2 is 2.31 bits per heavy atom. The van der Waals surface area contributed by atoms with Gasteiger partial charge in [-0.15, -0.1) is 0 Å². The fraction of sp³-hybridized carbons (Fsp3) is 0.667. The van der Waals surface area contributed by atoms with Gasteiger partial charge in [0.05, 0.1) is 0 Å². The molecule has 86 valence electrons. The molecule has 0 aromatic carbocycles. The van der Waals surface area contributed by atoms with E-state index in [1.807, 2.05) is 12.3 Å². The van der Waals surface area contributed by atoms with Crippen LogP contribution in [0.4, 0.5) is 5.82 Å². The molecule has 0 spiro atoms. The first-order chi connectivity index (χ1) is 7.92. The lowest BCUT2D eigenvalue weighted by Gasteiger charge is -2.12. The average molecular weight is 218 g/mol. The summed E-state index contributed by atoms with van der Waals surface area (Å²) < 4.78 is 0. The molecule has 2 N–H and O–H groups in total. The maximum atomic E-state index is 4.55. The van der Waals surface area contributed by atoms with Crippen molar-refractivity contribution < 1.29 is 0 Å². The second-order valence-electron chi connectivity index (χ2n) is 4.75. The summed E-state index contributed by atoms with van der Waals surface area (Å²) in [5, 5.41) is 6.87. The minimum absolute atomic E-state index is 0.611. The van der Waals surface area contributed by atoms with E-state index in [0.29, 0.717) is 12.0 Å². The minimum Gasteiger partial charge on any atom is -0.368 e. The Balaban J connectivity index is 1.58. The SMILES string of the molecule is c1cc(NCC2CCCN2)nc(C2CC2)n1. The molecule has 1 aromatic heterocycles. The Labute approximate surface area is 95.9 Å². The fourth-order valence-electron chi connectivity index (χ4n) is 2.17. The summed E-state index contributed by atoms with van der Waals surface area (Å²) in [6.45, 7) is 2.13. The van der Waals surface area contributed by atoms with Crippen LogP contribution < -0.4 is 10.6 Å². The molecule has 2 fully saturated rings. The molecule has 3 rings (SSSR count). The van der Waals surface area contributed by atoms with Gasteiger partial charge in [0.15, 0.2) is 0 Å². The van der Waals surface area contributed by atoms with E-state index in [4.69, 9.17) is 0 Å². The van der Waals surface area contributed by atoms with E-state index < -0.39 is 0 Å². The van der Waals surface area contributed by atoms with Gasteiger partial charge in [0.2, 0.25) is 0 Å². The lowest BCUT2D eigenvalue weighted by Crippen LogP contribution is -2.29. The Bertz CT molecular complexity index is 356. The van der Waals surface area contributed by atoms with Gasteiger partial charge >= 0.3 is 0 Å². The van der Waals surface area contributed by atoms with E-state index in [1.165, 1.54) is 25.7 Å². The van der Waals surface area contributed by atoms with E-state index in [9.17, 15) is 0 Å². The van der Waals surface area contributed by atoms with Gasteiger partial charge in [-0.05, 0) is 38.3 Å². The second kappa shape index (κ2) is 4.37. The van der Waals surface area contributed by atoms with Crippen molar-refractivity contribution in [2.24, 2.45) is 0 Å². The van der Waals surface area contributed by atoms with Crippen molar-refractivity contribution >= 4 is 5.82 Å². The standard InChI is InChI=1S/C12H18N4/c1-2-10(13-6-1)8-15-11-5-7-14-12(16-11)9-3-4-9/h5,7,9-10,13H,1-4,6,8H2,(H,14,15,16). The van der Waals surface area contributed by atoms with Crippen LogP contribution in [0.3, 0.4) is 0 Å². The van der Waals surface area contributed by atoms with Crippen LogP contribution in [0.5, 0.6) is 0 Å². The Morgan fingerprint density at radius 3 is 3.06 bits per heavy atom. The lowest BCUT2D eigenvalue weighted by molar-refractivity contribution is 0.632. The van der Waals surface area contributed by atoms with E-state index >= 15 is 0 Å². The quantitative estimate of drug-likeness (QED) is 0.804. The van der Waals surface area contributed by atoms with Crippen LogP contribution >= 0.6 is 0 Å². The summed E-state index contributed by atoms with van der Waals surface area (Å²) in [6, 6.07) is 2.57. The maximum absolute atomic E-state index is 4.55. The first-order valence-corrected chi connectivity index (χ1v) is 6.22. The van der Waals surface area contributed by atoms with Crippen molar-refractivity contribution in [3.8, 4) is 0 Å². The molecule has 4 nitrogen and oxygen atoms in total. The third-order valence-corrected chi connectivity index (χ3v) is 3.31. The molecule has 1 atom stereocenters. The molecule has 0 radical (unpaired) electrons. The fourth-order valence-corrected chi connectivity index (χ4v) is 2.17. The largest absolute Gasteiger partial charge is 0.368 e. The molecule has 1 saturated heterocycles. The molecule has 16 heavy (non-hydrogen) atoms. The normalized spacial score (nSPS) is 24.6. The smallest absolute Gasteiger partial charge is 0.133 e. The Hall–Kier alpha value is -1.16. The highest BCUT2D eigenvalue weighted by Crippen LogP contribution is 2.37. The predicted molar refractivity (Wildman–Crippen MR) is 63.5 cm³/mol. The number of anilines is 1. The van der Waals surface area contributed by atoms with Crippen LogP contribution in [0, 0.1) is 0 Å². The Morgan fingerprint density at radius 1 is 1.38 bits per heavy atom. The van der Waals surface area contributed by atoms with Gasteiger partial charge < -0.3 is 10.6 Å². The van der Waals surface area contributed by atoms with Gasteiger partial charge in [0.1, 0.15) is 11.6 Å². The minimum atomic E-state index is 0.611. The molecule has 2 aliphatic rings. The highest BCUT2D eigenvalue weighted by Gasteiger charge is 2.26. The average Bonchev–Trinajstić information content (AvgIpc) is 3.05. The highest BCUT2D eigenvalue weighted by molar-refractivity contribution is 5.34. The van der Waals surface area contributed by atoms with Gasteiger partial charge in [-0.3, -0.25) is 0 Å². The lowest BCUT2D eigenvalue weighted by atomic mass is 10.2. The topological polar surface area (TPSA) is 49.8 Å². The number of aromatic nitrogens is 2. The number of hydrogen-bond donors (Lipinski definition) is 2. The summed E-state index contributed by atoms with van der Waals surface area (Å²) >= 11 is 0. The van der Waals surface area contributed by atoms with Crippen LogP contribution in [0.25, 0.3) is 0 Å². The van der Waals surface area contributed by atoms with Crippen molar-refractivity contribution in [1.29, 1.82) is 0 Å². The third-order valence-electron chi connectivity index (χ3n) is 3.31. The second-order valence-corrected chi connectivity index (χ2v) is 4.75. The first-order valence-electron chi connectivity index (χ1n) is 6.22. The molecule has 1 unspecified atom stereocenters. The molecule has 2 heterocycles. The van der Waals surface area contributed by atoms with Gasteiger partial charge in [-0.2, -0.15) is 0 Å². The van der Waals surface area contributed by atoms with Crippen molar-refractivity contribution in [3.05, 3.63) is 18.1 Å². The van der Waals surface area contributed by atoms with Crippen molar-refractivity contribution in [1.82, 2.24) is 15.3 Å². The van der Waals surface area contributed by atoms with E-state index in [1.54, 1.807) is 0 Å². The Kier molecular flexibility index (Phi) is 2.74. The molecule has 1 aliphatic heterocycles. The van der Waals surface area contributed by atoms with E-state index in [2.05, 4.69) is 20.6 Å². The summed E-state index contributed by atoms with van der Waals surface area (Å²) in [5.74, 6) is 2.63. The zero-order chi connectivity index (χ0) is 10.8. The number of nitrogens with zero attached hydrogens (tertiary/aromatic N) is 2. The van der Waals surface area contributed by atoms with E-state index in [0.717, 1.165) is 24.7 Å². The van der Waals surface area contributed by atoms with Crippen LogP contribution in [-0.2, 0) is 0 Å². The monoisotopic (exact) mass is 218 g/mol. The molecule has 4 heteroatoms. The van der Waals surface area contributed by atoms with Crippen LogP contribution in [0.15, 0.2) is 12.3 Å². The summed E-state index contributed by atoms with van der Waals surface area (Å²) in [5.41, 5.74) is 0. The van der Waals surface area contributed by atoms with Crippen molar-refractivity contribution in [2.45, 2.75) is 37.6 Å². The summed E-state index contributed by atoms with van der Waals surface area (Å²) in [4.78, 5) is 8.86. The van der Waals surface area contributed by atoms with Gasteiger partial charge in [0, 0.05) is 24.7 Å². The van der Waals surface area contributed by atoms with Crippen molar-refractivity contribution in [3.63, 3.8) is 0 Å². The maximum Gasteiger partial charge on any atom is 0.133 e. The third kappa shape index (κ3) is 2.32. The van der Waals surface area contributed by atoms with Gasteiger partial charge in [0.25, 0.3) is 0 Å². The molecular formula is C12H18N4. The zero-order valence-corrected chi connectivity index (χ0v) is 9.45. The number of nitrogens with one attached hydrogen (secondary N) is 2. The molecule has 1 aromatic rings.